The highest BCUT2D eigenvalue weighted by atomic mass is 79.9. The molecule has 0 radical (unpaired) electrons. The molecule has 2 rings (SSSR count). The average Bonchev–Trinajstić information content (AvgIpc) is 2.36. The molecular formula is C10H17BrO. The molecule has 12 heavy (non-hydrogen) atoms. The number of carbonyl (C=O) groups is 1. The average molecular weight is 233 g/mol. The lowest BCUT2D eigenvalue weighted by Gasteiger charge is -2.31. The molecule has 2 fully saturated rings. The number of carbonyl (C=O) groups excluding carboxylic acids is 1. The lowest BCUT2D eigenvalue weighted by atomic mass is 9.72. The maximum Gasteiger partial charge on any atom is 0.139 e. The summed E-state index contributed by atoms with van der Waals surface area (Å²) in [5.41, 5.74) is 0.193. The molecule has 70 valence electrons. The summed E-state index contributed by atoms with van der Waals surface area (Å²) in [7, 11) is 0. The highest BCUT2D eigenvalue weighted by molar-refractivity contribution is 8.93. The van der Waals surface area contributed by atoms with Crippen LogP contribution >= 0.6 is 17.0 Å². The number of Topliss-reactive ketones (excluding diaryl/α,β-unsaturated/α-hetero) is 1. The zero-order chi connectivity index (χ0) is 7.73. The summed E-state index contributed by atoms with van der Waals surface area (Å²) in [4.78, 5) is 11.6. The van der Waals surface area contributed by atoms with Gasteiger partial charge >= 0.3 is 0 Å². The molecule has 2 saturated carbocycles. The van der Waals surface area contributed by atoms with E-state index in [0.717, 1.165) is 6.42 Å². The zero-order valence-electron chi connectivity index (χ0n) is 7.47. The van der Waals surface area contributed by atoms with Crippen LogP contribution in [0.3, 0.4) is 0 Å². The predicted molar refractivity (Wildman–Crippen MR) is 54.7 cm³/mol. The van der Waals surface area contributed by atoms with E-state index in [1.807, 2.05) is 0 Å². The minimum Gasteiger partial charge on any atom is -0.299 e. The first-order valence-corrected chi connectivity index (χ1v) is 4.87. The van der Waals surface area contributed by atoms with E-state index in [2.05, 4.69) is 0 Å². The molecule has 0 bridgehead atoms. The number of rotatable bonds is 0. The van der Waals surface area contributed by atoms with Crippen LogP contribution in [-0.2, 0) is 4.79 Å². The van der Waals surface area contributed by atoms with Gasteiger partial charge in [0.15, 0.2) is 0 Å². The van der Waals surface area contributed by atoms with Gasteiger partial charge in [0.05, 0.1) is 0 Å². The third-order valence-electron chi connectivity index (χ3n) is 3.46. The molecular weight excluding hydrogens is 216 g/mol. The molecule has 1 spiro atoms. The summed E-state index contributed by atoms with van der Waals surface area (Å²) in [6, 6.07) is 0. The molecule has 2 aliphatic rings. The van der Waals surface area contributed by atoms with Crippen LogP contribution in [0, 0.1) is 5.41 Å². The summed E-state index contributed by atoms with van der Waals surface area (Å²) in [5, 5.41) is 0. The summed E-state index contributed by atoms with van der Waals surface area (Å²) in [5.74, 6) is 0.581. The van der Waals surface area contributed by atoms with Crippen LogP contribution in [0.4, 0.5) is 0 Å². The van der Waals surface area contributed by atoms with E-state index in [1.165, 1.54) is 44.9 Å². The molecule has 2 heteroatoms. The van der Waals surface area contributed by atoms with Crippen LogP contribution in [0.5, 0.6) is 0 Å². The lowest BCUT2D eigenvalue weighted by molar-refractivity contribution is -0.127. The van der Waals surface area contributed by atoms with Gasteiger partial charge in [-0.1, -0.05) is 19.3 Å². The fraction of sp³-hybridized carbons (Fsp3) is 0.900. The topological polar surface area (TPSA) is 17.1 Å². The fourth-order valence-corrected chi connectivity index (χ4v) is 2.75. The van der Waals surface area contributed by atoms with Gasteiger partial charge in [-0.05, 0) is 25.7 Å². The van der Waals surface area contributed by atoms with Gasteiger partial charge < -0.3 is 0 Å². The Morgan fingerprint density at radius 3 is 2.00 bits per heavy atom. The largest absolute Gasteiger partial charge is 0.299 e. The van der Waals surface area contributed by atoms with Crippen molar-refractivity contribution in [3.63, 3.8) is 0 Å². The van der Waals surface area contributed by atoms with E-state index >= 15 is 0 Å². The van der Waals surface area contributed by atoms with Gasteiger partial charge in [-0.25, -0.2) is 0 Å². The van der Waals surface area contributed by atoms with Gasteiger partial charge in [-0.2, -0.15) is 0 Å². The zero-order valence-corrected chi connectivity index (χ0v) is 9.19. The minimum absolute atomic E-state index is 0. The Balaban J connectivity index is 0.000000720. The maximum absolute atomic E-state index is 11.6. The third-order valence-corrected chi connectivity index (χ3v) is 3.46. The predicted octanol–water partition coefficient (Wildman–Crippen LogP) is 3.27. The normalized spacial score (nSPS) is 27.2. The Bertz CT molecular complexity index is 171. The molecule has 0 aromatic carbocycles. The second-order valence-corrected chi connectivity index (χ2v) is 4.12. The van der Waals surface area contributed by atoms with E-state index < -0.39 is 0 Å². The van der Waals surface area contributed by atoms with Crippen LogP contribution in [0.15, 0.2) is 0 Å². The van der Waals surface area contributed by atoms with Crippen LogP contribution < -0.4 is 0 Å². The van der Waals surface area contributed by atoms with Crippen LogP contribution in [0.25, 0.3) is 0 Å². The molecule has 0 unspecified atom stereocenters. The van der Waals surface area contributed by atoms with Crippen molar-refractivity contribution in [2.45, 2.75) is 51.4 Å². The Morgan fingerprint density at radius 2 is 1.50 bits per heavy atom. The van der Waals surface area contributed by atoms with Crippen molar-refractivity contribution in [3.8, 4) is 0 Å². The smallest absolute Gasteiger partial charge is 0.139 e. The van der Waals surface area contributed by atoms with E-state index in [0.29, 0.717) is 5.78 Å². The molecule has 0 aliphatic heterocycles. The van der Waals surface area contributed by atoms with Crippen LogP contribution in [-0.4, -0.2) is 5.78 Å². The standard InChI is InChI=1S/C10H16O.BrH/c11-9-5-4-8-10(9)6-2-1-3-7-10;/h1-8H2;1H. The first-order chi connectivity index (χ1) is 5.33. The Hall–Kier alpha value is 0.150. The molecule has 0 amide bonds. The van der Waals surface area contributed by atoms with E-state index in [4.69, 9.17) is 0 Å². The van der Waals surface area contributed by atoms with Crippen molar-refractivity contribution in [2.24, 2.45) is 5.41 Å². The second kappa shape index (κ2) is 3.91. The number of ketones is 1. The van der Waals surface area contributed by atoms with Gasteiger partial charge in [0.2, 0.25) is 0 Å². The number of halogens is 1. The molecule has 1 nitrogen and oxygen atoms in total. The van der Waals surface area contributed by atoms with Gasteiger partial charge in [0.1, 0.15) is 5.78 Å². The van der Waals surface area contributed by atoms with E-state index in [9.17, 15) is 4.79 Å². The summed E-state index contributed by atoms with van der Waals surface area (Å²) in [6.07, 6.45) is 9.59. The van der Waals surface area contributed by atoms with Crippen molar-refractivity contribution in [3.05, 3.63) is 0 Å². The van der Waals surface area contributed by atoms with Crippen LogP contribution in [0.2, 0.25) is 0 Å². The Labute approximate surface area is 84.7 Å². The van der Waals surface area contributed by atoms with Crippen molar-refractivity contribution < 1.29 is 4.79 Å². The van der Waals surface area contributed by atoms with Crippen molar-refractivity contribution >= 4 is 22.8 Å². The van der Waals surface area contributed by atoms with Gasteiger partial charge in [0, 0.05) is 11.8 Å². The molecule has 0 atom stereocenters. The Kier molecular flexibility index (Phi) is 3.33. The molecule has 0 aromatic rings. The quantitative estimate of drug-likeness (QED) is 0.627. The fourth-order valence-electron chi connectivity index (χ4n) is 2.75. The van der Waals surface area contributed by atoms with Crippen molar-refractivity contribution in [1.29, 1.82) is 0 Å². The van der Waals surface area contributed by atoms with E-state index in [1.54, 1.807) is 0 Å². The molecule has 2 aliphatic carbocycles. The number of hydrogen-bond donors (Lipinski definition) is 0. The maximum atomic E-state index is 11.6. The van der Waals surface area contributed by atoms with Crippen molar-refractivity contribution in [1.82, 2.24) is 0 Å². The minimum atomic E-state index is 0. The van der Waals surface area contributed by atoms with Crippen LogP contribution in [0.1, 0.15) is 51.4 Å². The second-order valence-electron chi connectivity index (χ2n) is 4.12. The highest BCUT2D eigenvalue weighted by Crippen LogP contribution is 2.46. The SMILES string of the molecule is Br.O=C1CCCC12CCCCC2. The first kappa shape index (κ1) is 10.2. The van der Waals surface area contributed by atoms with E-state index in [-0.39, 0.29) is 22.4 Å². The highest BCUT2D eigenvalue weighted by Gasteiger charge is 2.41. The molecule has 0 aromatic heterocycles. The van der Waals surface area contributed by atoms with Gasteiger partial charge in [0.25, 0.3) is 0 Å². The number of hydrogen-bond acceptors (Lipinski definition) is 1. The van der Waals surface area contributed by atoms with Gasteiger partial charge in [-0.3, -0.25) is 4.79 Å². The molecule has 0 N–H and O–H groups in total. The molecule has 0 saturated heterocycles. The Morgan fingerprint density at radius 1 is 0.917 bits per heavy atom. The third kappa shape index (κ3) is 1.59. The molecule has 0 heterocycles. The van der Waals surface area contributed by atoms with Gasteiger partial charge in [-0.15, -0.1) is 17.0 Å². The summed E-state index contributed by atoms with van der Waals surface area (Å²) >= 11 is 0. The monoisotopic (exact) mass is 232 g/mol. The van der Waals surface area contributed by atoms with Crippen molar-refractivity contribution in [2.75, 3.05) is 0 Å². The summed E-state index contributed by atoms with van der Waals surface area (Å²) in [6.45, 7) is 0. The lowest BCUT2D eigenvalue weighted by Crippen LogP contribution is -2.28. The first-order valence-electron chi connectivity index (χ1n) is 4.87. The summed E-state index contributed by atoms with van der Waals surface area (Å²) < 4.78 is 0.